The number of aromatic nitrogens is 1. The van der Waals surface area contributed by atoms with E-state index in [0.29, 0.717) is 0 Å². The summed E-state index contributed by atoms with van der Waals surface area (Å²) in [5.74, 6) is 0.150. The number of fused-ring (bicyclic) bond motifs is 1. The van der Waals surface area contributed by atoms with Gasteiger partial charge in [0.05, 0.1) is 26.2 Å². The lowest BCUT2D eigenvalue weighted by molar-refractivity contribution is -0.917. The summed E-state index contributed by atoms with van der Waals surface area (Å²) in [7, 11) is 0. The average molecular weight is 332 g/mol. The van der Waals surface area contributed by atoms with Crippen LogP contribution in [-0.4, -0.2) is 42.0 Å². The Morgan fingerprint density at radius 3 is 2.60 bits per heavy atom. The van der Waals surface area contributed by atoms with Crippen LogP contribution in [0.3, 0.4) is 0 Å². The van der Waals surface area contributed by atoms with Gasteiger partial charge in [-0.3, -0.25) is 9.78 Å². The molecule has 0 bridgehead atoms. The zero-order valence-corrected chi connectivity index (χ0v) is 14.2. The maximum atomic E-state index is 13.0. The highest BCUT2D eigenvalue weighted by Crippen LogP contribution is 2.20. The number of benzene rings is 2. The Bertz CT molecular complexity index is 865. The monoisotopic (exact) mass is 332 g/mol. The SMILES string of the molecule is O=C(c1cccc2ccccc12)N1CC[NH+](Cc2cccnc2)CC1. The van der Waals surface area contributed by atoms with Crippen molar-refractivity contribution in [3.8, 4) is 0 Å². The molecule has 3 aromatic rings. The molecule has 0 unspecified atom stereocenters. The predicted octanol–water partition coefficient (Wildman–Crippen LogP) is 1.78. The first-order chi connectivity index (χ1) is 12.3. The van der Waals surface area contributed by atoms with Crippen LogP contribution in [-0.2, 0) is 6.54 Å². The lowest BCUT2D eigenvalue weighted by Gasteiger charge is -2.32. The van der Waals surface area contributed by atoms with Gasteiger partial charge in [0.15, 0.2) is 0 Å². The second kappa shape index (κ2) is 7.03. The van der Waals surface area contributed by atoms with Gasteiger partial charge in [0.2, 0.25) is 0 Å². The van der Waals surface area contributed by atoms with Gasteiger partial charge in [0, 0.05) is 23.5 Å². The number of piperazine rings is 1. The summed E-state index contributed by atoms with van der Waals surface area (Å²) < 4.78 is 0. The number of rotatable bonds is 3. The Hall–Kier alpha value is -2.72. The number of pyridine rings is 1. The summed E-state index contributed by atoms with van der Waals surface area (Å²) in [6, 6.07) is 18.2. The van der Waals surface area contributed by atoms with Crippen LogP contribution in [0.25, 0.3) is 10.8 Å². The van der Waals surface area contributed by atoms with Crippen LogP contribution < -0.4 is 4.90 Å². The minimum atomic E-state index is 0.150. The lowest BCUT2D eigenvalue weighted by atomic mass is 10.0. The molecule has 25 heavy (non-hydrogen) atoms. The zero-order valence-electron chi connectivity index (χ0n) is 14.2. The van der Waals surface area contributed by atoms with Crippen molar-refractivity contribution in [1.82, 2.24) is 9.88 Å². The molecule has 0 spiro atoms. The van der Waals surface area contributed by atoms with Gasteiger partial charge in [-0.2, -0.15) is 0 Å². The molecule has 1 aliphatic rings. The van der Waals surface area contributed by atoms with Crippen molar-refractivity contribution in [2.75, 3.05) is 26.2 Å². The predicted molar refractivity (Wildman–Crippen MR) is 98.5 cm³/mol. The molecule has 0 aliphatic carbocycles. The Morgan fingerprint density at radius 1 is 1.00 bits per heavy atom. The molecular weight excluding hydrogens is 310 g/mol. The van der Waals surface area contributed by atoms with E-state index in [2.05, 4.69) is 23.2 Å². The van der Waals surface area contributed by atoms with Gasteiger partial charge in [-0.1, -0.05) is 42.5 Å². The Kier molecular flexibility index (Phi) is 4.44. The number of carbonyl (C=O) groups is 1. The van der Waals surface area contributed by atoms with E-state index in [1.807, 2.05) is 47.5 Å². The topological polar surface area (TPSA) is 37.6 Å². The summed E-state index contributed by atoms with van der Waals surface area (Å²) in [6.07, 6.45) is 3.74. The third kappa shape index (κ3) is 3.39. The second-order valence-electron chi connectivity index (χ2n) is 6.61. The van der Waals surface area contributed by atoms with Crippen molar-refractivity contribution >= 4 is 16.7 Å². The van der Waals surface area contributed by atoms with E-state index < -0.39 is 0 Å². The van der Waals surface area contributed by atoms with E-state index >= 15 is 0 Å². The van der Waals surface area contributed by atoms with Gasteiger partial charge in [-0.25, -0.2) is 0 Å². The molecule has 0 atom stereocenters. The van der Waals surface area contributed by atoms with Crippen LogP contribution in [0.1, 0.15) is 15.9 Å². The number of nitrogens with zero attached hydrogens (tertiary/aromatic N) is 2. The molecular formula is C21H22N3O+. The van der Waals surface area contributed by atoms with E-state index in [9.17, 15) is 4.79 Å². The van der Waals surface area contributed by atoms with Crippen molar-refractivity contribution in [2.24, 2.45) is 0 Å². The molecule has 1 saturated heterocycles. The van der Waals surface area contributed by atoms with Crippen molar-refractivity contribution in [3.05, 3.63) is 78.1 Å². The fraction of sp³-hybridized carbons (Fsp3) is 0.238. The Balaban J connectivity index is 1.44. The largest absolute Gasteiger partial charge is 0.328 e. The Morgan fingerprint density at radius 2 is 1.80 bits per heavy atom. The fourth-order valence-corrected chi connectivity index (χ4v) is 3.58. The normalized spacial score (nSPS) is 15.4. The quantitative estimate of drug-likeness (QED) is 0.794. The van der Waals surface area contributed by atoms with Crippen molar-refractivity contribution in [1.29, 1.82) is 0 Å². The Labute approximate surface area is 147 Å². The number of nitrogens with one attached hydrogen (secondary N) is 1. The van der Waals surface area contributed by atoms with Crippen LogP contribution >= 0.6 is 0 Å². The first-order valence-electron chi connectivity index (χ1n) is 8.81. The molecule has 0 saturated carbocycles. The molecule has 2 aromatic carbocycles. The lowest BCUT2D eigenvalue weighted by Crippen LogP contribution is -3.13. The van der Waals surface area contributed by atoms with Gasteiger partial charge in [-0.15, -0.1) is 0 Å². The van der Waals surface area contributed by atoms with Crippen LogP contribution in [0, 0.1) is 0 Å². The third-order valence-corrected chi connectivity index (χ3v) is 4.95. The van der Waals surface area contributed by atoms with E-state index in [-0.39, 0.29) is 5.91 Å². The summed E-state index contributed by atoms with van der Waals surface area (Å²) in [5, 5.41) is 2.16. The maximum Gasteiger partial charge on any atom is 0.254 e. The minimum absolute atomic E-state index is 0.150. The molecule has 1 amide bonds. The van der Waals surface area contributed by atoms with Crippen LogP contribution in [0.2, 0.25) is 0 Å². The molecule has 1 aromatic heterocycles. The van der Waals surface area contributed by atoms with E-state index in [1.165, 1.54) is 10.5 Å². The zero-order chi connectivity index (χ0) is 17.1. The molecule has 4 heteroatoms. The van der Waals surface area contributed by atoms with E-state index in [4.69, 9.17) is 0 Å². The molecule has 4 nitrogen and oxygen atoms in total. The third-order valence-electron chi connectivity index (χ3n) is 4.95. The smallest absolute Gasteiger partial charge is 0.254 e. The van der Waals surface area contributed by atoms with Gasteiger partial charge in [0.25, 0.3) is 5.91 Å². The summed E-state index contributed by atoms with van der Waals surface area (Å²) in [4.78, 5) is 20.7. The van der Waals surface area contributed by atoms with Crippen molar-refractivity contribution in [3.63, 3.8) is 0 Å². The van der Waals surface area contributed by atoms with Gasteiger partial charge in [0.1, 0.15) is 6.54 Å². The second-order valence-corrected chi connectivity index (χ2v) is 6.61. The summed E-state index contributed by atoms with van der Waals surface area (Å²) in [5.41, 5.74) is 2.07. The molecule has 1 fully saturated rings. The van der Waals surface area contributed by atoms with Crippen LogP contribution in [0.15, 0.2) is 67.0 Å². The van der Waals surface area contributed by atoms with Crippen molar-refractivity contribution < 1.29 is 9.69 Å². The number of hydrogen-bond donors (Lipinski definition) is 1. The summed E-state index contributed by atoms with van der Waals surface area (Å²) >= 11 is 0. The molecule has 1 N–H and O–H groups in total. The standard InChI is InChI=1S/C21H21N3O/c25-21(20-9-3-7-18-6-1-2-8-19(18)20)24-13-11-23(12-14-24)16-17-5-4-10-22-15-17/h1-10,15H,11-14,16H2/p+1. The maximum absolute atomic E-state index is 13.0. The number of carbonyl (C=O) groups excluding carboxylic acids is 1. The molecule has 1 aliphatic heterocycles. The highest BCUT2D eigenvalue weighted by Gasteiger charge is 2.25. The fourth-order valence-electron chi connectivity index (χ4n) is 3.58. The number of quaternary nitrogens is 1. The summed E-state index contributed by atoms with van der Waals surface area (Å²) in [6.45, 7) is 4.54. The van der Waals surface area contributed by atoms with Gasteiger partial charge >= 0.3 is 0 Å². The highest BCUT2D eigenvalue weighted by atomic mass is 16.2. The minimum Gasteiger partial charge on any atom is -0.328 e. The molecule has 4 rings (SSSR count). The van der Waals surface area contributed by atoms with E-state index in [1.54, 1.807) is 6.20 Å². The van der Waals surface area contributed by atoms with Crippen molar-refractivity contribution in [2.45, 2.75) is 6.54 Å². The van der Waals surface area contributed by atoms with Gasteiger partial charge in [-0.05, 0) is 22.9 Å². The van der Waals surface area contributed by atoms with Crippen LogP contribution in [0.5, 0.6) is 0 Å². The van der Waals surface area contributed by atoms with Gasteiger partial charge < -0.3 is 9.80 Å². The molecule has 126 valence electrons. The highest BCUT2D eigenvalue weighted by molar-refractivity contribution is 6.07. The number of amides is 1. The first kappa shape index (κ1) is 15.8. The average Bonchev–Trinajstić information content (AvgIpc) is 2.68. The molecule has 2 heterocycles. The van der Waals surface area contributed by atoms with E-state index in [0.717, 1.165) is 49.1 Å². The molecule has 0 radical (unpaired) electrons. The first-order valence-corrected chi connectivity index (χ1v) is 8.81. The van der Waals surface area contributed by atoms with Crippen LogP contribution in [0.4, 0.5) is 0 Å². The number of hydrogen-bond acceptors (Lipinski definition) is 2.